The number of carbonyl (C=O) groups is 1. The third-order valence-electron chi connectivity index (χ3n) is 2.52. The number of thioether (sulfide) groups is 2. The van der Waals surface area contributed by atoms with Crippen LogP contribution in [-0.2, 0) is 4.79 Å². The quantitative estimate of drug-likeness (QED) is 0.722. The molecular weight excluding hydrogens is 200 g/mol. The van der Waals surface area contributed by atoms with Gasteiger partial charge in [0.2, 0.25) is 0 Å². The fourth-order valence-corrected chi connectivity index (χ4v) is 4.32. The lowest BCUT2D eigenvalue weighted by Crippen LogP contribution is -2.29. The molecular formula is C10H18OS2. The largest absolute Gasteiger partial charge is 0.298 e. The van der Waals surface area contributed by atoms with Gasteiger partial charge < -0.3 is 0 Å². The van der Waals surface area contributed by atoms with Gasteiger partial charge in [-0.05, 0) is 12.8 Å². The molecule has 0 amide bonds. The summed E-state index contributed by atoms with van der Waals surface area (Å²) in [6, 6.07) is 0. The van der Waals surface area contributed by atoms with E-state index >= 15 is 0 Å². The molecule has 76 valence electrons. The van der Waals surface area contributed by atoms with Gasteiger partial charge in [-0.1, -0.05) is 13.8 Å². The Morgan fingerprint density at radius 3 is 2.54 bits per heavy atom. The van der Waals surface area contributed by atoms with E-state index in [1.54, 1.807) is 0 Å². The zero-order valence-electron chi connectivity index (χ0n) is 8.41. The Hall–Kier alpha value is 0.370. The van der Waals surface area contributed by atoms with E-state index in [0.29, 0.717) is 17.0 Å². The molecule has 13 heavy (non-hydrogen) atoms. The van der Waals surface area contributed by atoms with Crippen LogP contribution in [0, 0.1) is 5.92 Å². The fraction of sp³-hybridized carbons (Fsp3) is 0.900. The van der Waals surface area contributed by atoms with Crippen LogP contribution < -0.4 is 0 Å². The van der Waals surface area contributed by atoms with E-state index in [9.17, 15) is 4.79 Å². The summed E-state index contributed by atoms with van der Waals surface area (Å²) in [5, 5.41) is 0.295. The van der Waals surface area contributed by atoms with Gasteiger partial charge in [-0.2, -0.15) is 11.8 Å². The molecule has 0 aromatic carbocycles. The highest BCUT2D eigenvalue weighted by Crippen LogP contribution is 2.28. The lowest BCUT2D eigenvalue weighted by atomic mass is 9.96. The molecule has 0 spiro atoms. The second kappa shape index (κ2) is 5.97. The van der Waals surface area contributed by atoms with Crippen molar-refractivity contribution in [3.8, 4) is 0 Å². The molecule has 1 aliphatic rings. The number of hydrogen-bond acceptors (Lipinski definition) is 3. The molecule has 1 saturated heterocycles. The Bertz CT molecular complexity index is 160. The van der Waals surface area contributed by atoms with Crippen LogP contribution in [0.2, 0.25) is 0 Å². The molecule has 0 aromatic heterocycles. The lowest BCUT2D eigenvalue weighted by molar-refractivity contribution is -0.122. The first-order chi connectivity index (χ1) is 6.29. The van der Waals surface area contributed by atoms with E-state index in [1.807, 2.05) is 23.5 Å². The maximum absolute atomic E-state index is 11.9. The Balaban J connectivity index is 2.44. The molecule has 0 aromatic rings. The van der Waals surface area contributed by atoms with Gasteiger partial charge in [0, 0.05) is 23.2 Å². The Morgan fingerprint density at radius 1 is 1.38 bits per heavy atom. The van der Waals surface area contributed by atoms with Gasteiger partial charge in [-0.25, -0.2) is 0 Å². The van der Waals surface area contributed by atoms with Crippen LogP contribution in [0.5, 0.6) is 0 Å². The molecule has 3 heteroatoms. The highest BCUT2D eigenvalue weighted by Gasteiger charge is 2.26. The molecule has 0 bridgehead atoms. The molecule has 1 atom stereocenters. The average Bonchev–Trinajstić information content (AvgIpc) is 2.21. The van der Waals surface area contributed by atoms with Crippen molar-refractivity contribution in [2.45, 2.75) is 31.9 Å². The topological polar surface area (TPSA) is 17.1 Å². The molecule has 1 aliphatic heterocycles. The predicted molar refractivity (Wildman–Crippen MR) is 62.7 cm³/mol. The van der Waals surface area contributed by atoms with Crippen molar-refractivity contribution in [3.63, 3.8) is 0 Å². The minimum Gasteiger partial charge on any atom is -0.298 e. The van der Waals surface area contributed by atoms with Gasteiger partial charge in [0.05, 0.1) is 5.25 Å². The maximum Gasteiger partial charge on any atom is 0.149 e. The molecule has 1 heterocycles. The summed E-state index contributed by atoms with van der Waals surface area (Å²) < 4.78 is 0. The molecule has 1 nitrogen and oxygen atoms in total. The van der Waals surface area contributed by atoms with E-state index in [4.69, 9.17) is 0 Å². The molecule has 0 radical (unpaired) electrons. The zero-order valence-corrected chi connectivity index (χ0v) is 10.0. The highest BCUT2D eigenvalue weighted by molar-refractivity contribution is 8.07. The molecule has 1 rings (SSSR count). The number of carbonyl (C=O) groups excluding carboxylic acids is 1. The van der Waals surface area contributed by atoms with Crippen molar-refractivity contribution in [1.29, 1.82) is 0 Å². The van der Waals surface area contributed by atoms with Crippen molar-refractivity contribution in [2.24, 2.45) is 5.92 Å². The van der Waals surface area contributed by atoms with Crippen LogP contribution in [0.3, 0.4) is 0 Å². The van der Waals surface area contributed by atoms with E-state index in [2.05, 4.69) is 13.8 Å². The van der Waals surface area contributed by atoms with Crippen molar-refractivity contribution < 1.29 is 4.79 Å². The first-order valence-corrected chi connectivity index (χ1v) is 7.23. The third kappa shape index (κ3) is 3.21. The van der Waals surface area contributed by atoms with Gasteiger partial charge >= 0.3 is 0 Å². The number of Topliss-reactive ketones (excluding diaryl/α,β-unsaturated/α-hetero) is 1. The van der Waals surface area contributed by atoms with Crippen molar-refractivity contribution in [2.75, 3.05) is 17.3 Å². The van der Waals surface area contributed by atoms with Gasteiger partial charge in [0.15, 0.2) is 0 Å². The second-order valence-electron chi connectivity index (χ2n) is 3.35. The Labute approximate surface area is 89.4 Å². The third-order valence-corrected chi connectivity index (χ3v) is 5.29. The van der Waals surface area contributed by atoms with Gasteiger partial charge in [0.25, 0.3) is 0 Å². The van der Waals surface area contributed by atoms with Crippen LogP contribution in [0.15, 0.2) is 0 Å². The summed E-state index contributed by atoms with van der Waals surface area (Å²) in [7, 11) is 0. The van der Waals surface area contributed by atoms with Crippen LogP contribution >= 0.6 is 23.5 Å². The monoisotopic (exact) mass is 218 g/mol. The van der Waals surface area contributed by atoms with Crippen molar-refractivity contribution in [3.05, 3.63) is 0 Å². The van der Waals surface area contributed by atoms with E-state index in [0.717, 1.165) is 24.3 Å². The molecule has 0 N–H and O–H groups in total. The molecule has 1 fully saturated rings. The minimum absolute atomic E-state index is 0.295. The van der Waals surface area contributed by atoms with Crippen LogP contribution in [-0.4, -0.2) is 28.3 Å². The first-order valence-electron chi connectivity index (χ1n) is 5.02. The summed E-state index contributed by atoms with van der Waals surface area (Å²) in [6.45, 7) is 4.24. The second-order valence-corrected chi connectivity index (χ2v) is 5.81. The molecule has 0 saturated carbocycles. The fourth-order valence-electron chi connectivity index (χ4n) is 1.61. The van der Waals surface area contributed by atoms with E-state index < -0.39 is 0 Å². The molecule has 1 unspecified atom stereocenters. The van der Waals surface area contributed by atoms with E-state index in [1.165, 1.54) is 5.75 Å². The highest BCUT2D eigenvalue weighted by atomic mass is 32.2. The van der Waals surface area contributed by atoms with Crippen LogP contribution in [0.1, 0.15) is 26.7 Å². The Kier molecular flexibility index (Phi) is 5.25. The number of rotatable bonds is 4. The minimum atomic E-state index is 0.295. The normalized spacial score (nSPS) is 23.5. The van der Waals surface area contributed by atoms with E-state index in [-0.39, 0.29) is 0 Å². The number of hydrogen-bond donors (Lipinski definition) is 0. The first kappa shape index (κ1) is 11.4. The summed E-state index contributed by atoms with van der Waals surface area (Å²) in [5.41, 5.74) is 0. The van der Waals surface area contributed by atoms with Crippen LogP contribution in [0.4, 0.5) is 0 Å². The molecule has 0 aliphatic carbocycles. The summed E-state index contributed by atoms with van der Waals surface area (Å²) >= 11 is 3.79. The number of ketones is 1. The van der Waals surface area contributed by atoms with Crippen molar-refractivity contribution in [1.82, 2.24) is 0 Å². The summed E-state index contributed by atoms with van der Waals surface area (Å²) in [5.74, 6) is 4.23. The van der Waals surface area contributed by atoms with Gasteiger partial charge in [-0.3, -0.25) is 4.79 Å². The summed E-state index contributed by atoms with van der Waals surface area (Å²) in [6.07, 6.45) is 2.02. The SMILES string of the molecule is CCC(CC)C(=O)C1CSCCS1. The lowest BCUT2D eigenvalue weighted by Gasteiger charge is -2.23. The average molecular weight is 218 g/mol. The summed E-state index contributed by atoms with van der Waals surface area (Å²) in [4.78, 5) is 11.9. The zero-order chi connectivity index (χ0) is 9.68. The maximum atomic E-state index is 11.9. The van der Waals surface area contributed by atoms with Crippen LogP contribution in [0.25, 0.3) is 0 Å². The Morgan fingerprint density at radius 2 is 2.08 bits per heavy atom. The predicted octanol–water partition coefficient (Wildman–Crippen LogP) is 2.84. The van der Waals surface area contributed by atoms with Crippen molar-refractivity contribution >= 4 is 29.3 Å². The standard InChI is InChI=1S/C10H18OS2/c1-3-8(4-2)10(11)9-7-12-5-6-13-9/h8-9H,3-7H2,1-2H3. The smallest absolute Gasteiger partial charge is 0.149 e. The van der Waals surface area contributed by atoms with Gasteiger partial charge in [0.1, 0.15) is 5.78 Å². The van der Waals surface area contributed by atoms with Gasteiger partial charge in [-0.15, -0.1) is 11.8 Å².